The lowest BCUT2D eigenvalue weighted by Gasteiger charge is -2.08. The summed E-state index contributed by atoms with van der Waals surface area (Å²) in [6.07, 6.45) is 0. The second kappa shape index (κ2) is 12.0. The van der Waals surface area contributed by atoms with Gasteiger partial charge in [0.1, 0.15) is 13.1 Å². The minimum absolute atomic E-state index is 0.390. The fraction of sp³-hybridized carbons (Fsp3) is 0.261. The van der Waals surface area contributed by atoms with Crippen LogP contribution in [0.15, 0.2) is 48.5 Å². The topological polar surface area (TPSA) is 128 Å². The molecular weight excluding hydrogens is 416 g/mol. The van der Waals surface area contributed by atoms with Crippen LogP contribution in [0.3, 0.4) is 0 Å². The van der Waals surface area contributed by atoms with E-state index in [1.807, 2.05) is 13.8 Å². The molecule has 0 heterocycles. The predicted octanol–water partition coefficient (Wildman–Crippen LogP) is 1.12. The van der Waals surface area contributed by atoms with Crippen LogP contribution < -0.4 is 10.6 Å². The number of amides is 2. The third-order valence-corrected chi connectivity index (χ3v) is 4.20. The first-order valence-electron chi connectivity index (χ1n) is 9.77. The van der Waals surface area contributed by atoms with Crippen molar-refractivity contribution in [1.82, 2.24) is 10.6 Å². The van der Waals surface area contributed by atoms with Crippen LogP contribution >= 0.6 is 0 Å². The molecule has 168 valence electrons. The van der Waals surface area contributed by atoms with E-state index in [0.717, 1.165) is 11.1 Å². The molecule has 9 heteroatoms. The molecule has 0 saturated heterocycles. The van der Waals surface area contributed by atoms with Crippen molar-refractivity contribution in [3.05, 3.63) is 70.8 Å². The fourth-order valence-electron chi connectivity index (χ4n) is 2.38. The highest BCUT2D eigenvalue weighted by atomic mass is 16.6. The van der Waals surface area contributed by atoms with Crippen molar-refractivity contribution in [2.75, 3.05) is 26.3 Å². The molecule has 2 rings (SSSR count). The van der Waals surface area contributed by atoms with Crippen LogP contribution in [0.5, 0.6) is 0 Å². The fourth-order valence-corrected chi connectivity index (χ4v) is 2.38. The van der Waals surface area contributed by atoms with Crippen LogP contribution in [0.1, 0.15) is 31.8 Å². The zero-order valence-corrected chi connectivity index (χ0v) is 17.8. The average molecular weight is 440 g/mol. The van der Waals surface area contributed by atoms with Gasteiger partial charge in [0, 0.05) is 11.1 Å². The van der Waals surface area contributed by atoms with Gasteiger partial charge in [-0.15, -0.1) is 0 Å². The minimum Gasteiger partial charge on any atom is -0.456 e. The lowest BCUT2D eigenvalue weighted by atomic mass is 10.1. The van der Waals surface area contributed by atoms with Gasteiger partial charge in [0.25, 0.3) is 11.8 Å². The number of carbonyl (C=O) groups excluding carboxylic acids is 5. The highest BCUT2D eigenvalue weighted by Gasteiger charge is 2.13. The van der Waals surface area contributed by atoms with Gasteiger partial charge in [-0.1, -0.05) is 35.4 Å². The van der Waals surface area contributed by atoms with E-state index in [1.54, 1.807) is 48.5 Å². The molecule has 32 heavy (non-hydrogen) atoms. The van der Waals surface area contributed by atoms with Crippen LogP contribution in [0, 0.1) is 13.8 Å². The number of carbonyl (C=O) groups is 5. The maximum atomic E-state index is 11.9. The van der Waals surface area contributed by atoms with Crippen LogP contribution in [0.2, 0.25) is 0 Å². The molecule has 0 spiro atoms. The highest BCUT2D eigenvalue weighted by molar-refractivity contribution is 5.97. The Kier molecular flexibility index (Phi) is 9.09. The molecule has 0 aromatic heterocycles. The lowest BCUT2D eigenvalue weighted by molar-refractivity contribution is -0.152. The second-order valence-electron chi connectivity index (χ2n) is 6.96. The molecular formula is C23H24N2O7. The molecule has 2 aromatic carbocycles. The summed E-state index contributed by atoms with van der Waals surface area (Å²) in [6, 6.07) is 13.5. The van der Waals surface area contributed by atoms with Gasteiger partial charge in [-0.3, -0.25) is 24.0 Å². The summed E-state index contributed by atoms with van der Waals surface area (Å²) >= 11 is 0. The van der Waals surface area contributed by atoms with Crippen LogP contribution in [0.4, 0.5) is 0 Å². The molecule has 0 unspecified atom stereocenters. The van der Waals surface area contributed by atoms with E-state index < -0.39 is 55.8 Å². The van der Waals surface area contributed by atoms with Crippen molar-refractivity contribution in [2.24, 2.45) is 0 Å². The number of aryl methyl sites for hydroxylation is 2. The number of rotatable bonds is 10. The number of benzene rings is 2. The number of hydrogen-bond acceptors (Lipinski definition) is 7. The molecule has 0 bridgehead atoms. The second-order valence-corrected chi connectivity index (χ2v) is 6.96. The van der Waals surface area contributed by atoms with Gasteiger partial charge in [-0.25, -0.2) is 0 Å². The smallest absolute Gasteiger partial charge is 0.325 e. The van der Waals surface area contributed by atoms with E-state index in [-0.39, 0.29) is 0 Å². The molecule has 0 aliphatic carbocycles. The van der Waals surface area contributed by atoms with E-state index in [2.05, 4.69) is 10.6 Å². The van der Waals surface area contributed by atoms with Gasteiger partial charge in [-0.05, 0) is 38.1 Å². The zero-order chi connectivity index (χ0) is 23.5. The van der Waals surface area contributed by atoms with Gasteiger partial charge < -0.3 is 20.1 Å². The average Bonchev–Trinajstić information content (AvgIpc) is 2.79. The number of Topliss-reactive ketones (excluding diaryl/α,β-unsaturated/α-hetero) is 1. The SMILES string of the molecule is Cc1ccc(C(=O)NCC(=O)OCC(=O)COC(=O)CNC(=O)c2ccc(C)cc2)cc1. The Labute approximate surface area is 185 Å². The molecule has 0 fully saturated rings. The Hall–Kier alpha value is -4.01. The Morgan fingerprint density at radius 1 is 0.625 bits per heavy atom. The van der Waals surface area contributed by atoms with Crippen LogP contribution in [-0.2, 0) is 23.9 Å². The van der Waals surface area contributed by atoms with Gasteiger partial charge >= 0.3 is 11.9 Å². The summed E-state index contributed by atoms with van der Waals surface area (Å²) in [5.74, 6) is -3.17. The van der Waals surface area contributed by atoms with Crippen molar-refractivity contribution >= 4 is 29.5 Å². The van der Waals surface area contributed by atoms with Crippen molar-refractivity contribution in [3.63, 3.8) is 0 Å². The Morgan fingerprint density at radius 2 is 0.969 bits per heavy atom. The number of hydrogen-bond donors (Lipinski definition) is 2. The van der Waals surface area contributed by atoms with Gasteiger partial charge in [-0.2, -0.15) is 0 Å². The lowest BCUT2D eigenvalue weighted by Crippen LogP contribution is -2.33. The summed E-state index contributed by atoms with van der Waals surface area (Å²) in [6.45, 7) is 1.73. The summed E-state index contributed by atoms with van der Waals surface area (Å²) in [5, 5.41) is 4.77. The Balaban J connectivity index is 1.60. The third kappa shape index (κ3) is 8.39. The standard InChI is InChI=1S/C23H24N2O7/c1-15-3-7-17(8-4-15)22(29)24-11-20(27)31-13-19(26)14-32-21(28)12-25-23(30)18-9-5-16(2)6-10-18/h3-10H,11-14H2,1-2H3,(H,24,29)(H,25,30). The Bertz CT molecular complexity index is 903. The van der Waals surface area contributed by atoms with Gasteiger partial charge in [0.05, 0.1) is 0 Å². The first kappa shape index (κ1) is 24.3. The highest BCUT2D eigenvalue weighted by Crippen LogP contribution is 2.03. The molecule has 0 saturated carbocycles. The predicted molar refractivity (Wildman–Crippen MR) is 114 cm³/mol. The van der Waals surface area contributed by atoms with E-state index in [9.17, 15) is 24.0 Å². The van der Waals surface area contributed by atoms with Crippen molar-refractivity contribution in [1.29, 1.82) is 0 Å². The molecule has 2 amide bonds. The number of nitrogens with one attached hydrogen (secondary N) is 2. The van der Waals surface area contributed by atoms with Crippen molar-refractivity contribution < 1.29 is 33.4 Å². The monoisotopic (exact) mass is 440 g/mol. The summed E-state index contributed by atoms with van der Waals surface area (Å²) in [7, 11) is 0. The molecule has 0 aliphatic heterocycles. The number of ketones is 1. The number of ether oxygens (including phenoxy) is 2. The first-order chi connectivity index (χ1) is 15.2. The minimum atomic E-state index is -0.810. The molecule has 0 atom stereocenters. The third-order valence-electron chi connectivity index (χ3n) is 4.20. The zero-order valence-electron chi connectivity index (χ0n) is 17.8. The summed E-state index contributed by atoms with van der Waals surface area (Å²) in [4.78, 5) is 58.9. The van der Waals surface area contributed by atoms with Gasteiger partial charge in [0.15, 0.2) is 13.2 Å². The van der Waals surface area contributed by atoms with Crippen molar-refractivity contribution in [2.45, 2.75) is 13.8 Å². The largest absolute Gasteiger partial charge is 0.456 e. The Morgan fingerprint density at radius 3 is 1.31 bits per heavy atom. The maximum Gasteiger partial charge on any atom is 0.325 e. The van der Waals surface area contributed by atoms with E-state index in [0.29, 0.717) is 11.1 Å². The molecule has 2 aromatic rings. The number of esters is 2. The molecule has 9 nitrogen and oxygen atoms in total. The quantitative estimate of drug-likeness (QED) is 0.530. The van der Waals surface area contributed by atoms with Crippen LogP contribution in [-0.4, -0.2) is 55.8 Å². The molecule has 0 radical (unpaired) electrons. The van der Waals surface area contributed by atoms with Crippen LogP contribution in [0.25, 0.3) is 0 Å². The summed E-state index contributed by atoms with van der Waals surface area (Å²) < 4.78 is 9.49. The first-order valence-corrected chi connectivity index (χ1v) is 9.77. The molecule has 2 N–H and O–H groups in total. The normalized spacial score (nSPS) is 10.1. The van der Waals surface area contributed by atoms with E-state index in [1.165, 1.54) is 0 Å². The van der Waals surface area contributed by atoms with E-state index >= 15 is 0 Å². The van der Waals surface area contributed by atoms with Crippen molar-refractivity contribution in [3.8, 4) is 0 Å². The van der Waals surface area contributed by atoms with Gasteiger partial charge in [0.2, 0.25) is 5.78 Å². The molecule has 0 aliphatic rings. The summed E-state index contributed by atoms with van der Waals surface area (Å²) in [5.41, 5.74) is 2.77. The maximum absolute atomic E-state index is 11.9. The van der Waals surface area contributed by atoms with E-state index in [4.69, 9.17) is 9.47 Å².